The van der Waals surface area contributed by atoms with E-state index in [4.69, 9.17) is 23.4 Å². The number of ether oxygens (including phenoxy) is 4. The summed E-state index contributed by atoms with van der Waals surface area (Å²) in [7, 11) is 0. The van der Waals surface area contributed by atoms with Crippen LogP contribution in [-0.4, -0.2) is 70.4 Å². The molecule has 1 atom stereocenters. The van der Waals surface area contributed by atoms with Crippen LogP contribution < -0.4 is 9.80 Å². The van der Waals surface area contributed by atoms with Crippen LogP contribution in [0, 0.1) is 0 Å². The highest BCUT2D eigenvalue weighted by Crippen LogP contribution is 2.48. The van der Waals surface area contributed by atoms with Crippen molar-refractivity contribution in [2.45, 2.75) is 103 Å². The fourth-order valence-electron chi connectivity index (χ4n) is 5.18. The van der Waals surface area contributed by atoms with E-state index in [-0.39, 0.29) is 30.9 Å². The number of pyridine rings is 1. The molecule has 3 aromatic rings. The van der Waals surface area contributed by atoms with Gasteiger partial charge in [-0.3, -0.25) is 4.79 Å². The number of carbonyl (C=O) groups is 3. The Morgan fingerprint density at radius 2 is 1.45 bits per heavy atom. The molecule has 1 unspecified atom stereocenters. The van der Waals surface area contributed by atoms with Gasteiger partial charge >= 0.3 is 30.5 Å². The summed E-state index contributed by atoms with van der Waals surface area (Å²) in [5, 5.41) is 7.42. The second-order valence-corrected chi connectivity index (χ2v) is 14.7. The molecule has 0 aliphatic heterocycles. The maximum absolute atomic E-state index is 15.3. The number of esters is 1. The van der Waals surface area contributed by atoms with E-state index in [0.29, 0.717) is 11.6 Å². The Morgan fingerprint density at radius 1 is 0.862 bits per heavy atom. The molecule has 0 spiro atoms. The first kappa shape index (κ1) is 46.9. The number of aromatic nitrogens is 3. The van der Waals surface area contributed by atoms with Crippen molar-refractivity contribution >= 4 is 29.7 Å². The number of imide groups is 1. The lowest BCUT2D eigenvalue weighted by Gasteiger charge is -2.32. The van der Waals surface area contributed by atoms with E-state index in [1.54, 1.807) is 18.2 Å². The molecule has 2 amide bonds. The van der Waals surface area contributed by atoms with E-state index < -0.39 is 101 Å². The van der Waals surface area contributed by atoms with E-state index >= 15 is 26.3 Å². The van der Waals surface area contributed by atoms with Gasteiger partial charge in [-0.05, 0) is 79.4 Å². The Labute approximate surface area is 332 Å². The number of hydrogen-bond donors (Lipinski definition) is 0. The zero-order valence-electron chi connectivity index (χ0n) is 33.3. The normalized spacial score (nSPS) is 13.3. The number of nitrogens with zero attached hydrogens (tertiary/aromatic N) is 5. The predicted molar refractivity (Wildman–Crippen MR) is 200 cm³/mol. The largest absolute Gasteiger partial charge is 0.465 e. The summed E-state index contributed by atoms with van der Waals surface area (Å²) in [6.45, 7) is 15.2. The number of amides is 2. The predicted octanol–water partition coefficient (Wildman–Crippen LogP) is 9.71. The molecule has 0 aliphatic carbocycles. The molecule has 13 nitrogen and oxygen atoms in total. The van der Waals surface area contributed by atoms with E-state index in [0.717, 1.165) is 4.90 Å². The summed E-state index contributed by atoms with van der Waals surface area (Å²) in [6.07, 6.45) is -12.2. The van der Waals surface area contributed by atoms with Crippen molar-refractivity contribution in [2.75, 3.05) is 29.5 Å². The second-order valence-electron chi connectivity index (χ2n) is 14.7. The van der Waals surface area contributed by atoms with Crippen molar-refractivity contribution in [3.63, 3.8) is 0 Å². The van der Waals surface area contributed by atoms with Gasteiger partial charge in [0.15, 0.2) is 5.69 Å². The van der Waals surface area contributed by atoms with Gasteiger partial charge < -0.3 is 28.3 Å². The molecule has 2 aromatic heterocycles. The minimum absolute atomic E-state index is 0.0122. The smallest absolute Gasteiger partial charge is 0.426 e. The highest BCUT2D eigenvalue weighted by Gasteiger charge is 2.61. The molecule has 0 aliphatic rings. The topological polar surface area (TPSA) is 146 Å². The molecule has 0 radical (unpaired) electrons. The van der Waals surface area contributed by atoms with Crippen LogP contribution >= 0.6 is 0 Å². The van der Waals surface area contributed by atoms with Crippen LogP contribution in [0.15, 0.2) is 66.1 Å². The molecule has 0 saturated carbocycles. The van der Waals surface area contributed by atoms with Gasteiger partial charge in [-0.25, -0.2) is 14.6 Å². The summed E-state index contributed by atoms with van der Waals surface area (Å²) < 4.78 is 118. The Hall–Kier alpha value is -5.46. The summed E-state index contributed by atoms with van der Waals surface area (Å²) in [5.74, 6) is -4.09. The van der Waals surface area contributed by atoms with Crippen molar-refractivity contribution in [1.82, 2.24) is 15.2 Å². The van der Waals surface area contributed by atoms with E-state index in [9.17, 15) is 14.4 Å². The third-order valence-electron chi connectivity index (χ3n) is 7.67. The van der Waals surface area contributed by atoms with Gasteiger partial charge in [0.1, 0.15) is 29.1 Å². The molecule has 1 aromatic carbocycles. The molecule has 58 heavy (non-hydrogen) atoms. The fourth-order valence-corrected chi connectivity index (χ4v) is 5.18. The maximum atomic E-state index is 15.3. The lowest BCUT2D eigenvalue weighted by molar-refractivity contribution is -0.299. The van der Waals surface area contributed by atoms with E-state index in [1.165, 1.54) is 72.8 Å². The Bertz CT molecular complexity index is 1880. The molecular formula is C39H47F6N5O8. The average Bonchev–Trinajstić information content (AvgIpc) is 3.59. The second kappa shape index (κ2) is 18.9. The van der Waals surface area contributed by atoms with Crippen LogP contribution in [0.4, 0.5) is 47.4 Å². The van der Waals surface area contributed by atoms with Crippen LogP contribution in [0.2, 0.25) is 0 Å². The van der Waals surface area contributed by atoms with Gasteiger partial charge in [-0.1, -0.05) is 42.5 Å². The van der Waals surface area contributed by atoms with Gasteiger partial charge in [-0.15, -0.1) is 23.4 Å². The van der Waals surface area contributed by atoms with Crippen molar-refractivity contribution in [3.8, 4) is 11.6 Å². The van der Waals surface area contributed by atoms with Crippen molar-refractivity contribution < 1.29 is 64.1 Å². The summed E-state index contributed by atoms with van der Waals surface area (Å²) in [6, 6.07) is 8.17. The minimum atomic E-state index is -5.30. The third kappa shape index (κ3) is 12.3. The molecule has 2 heterocycles. The molecule has 0 saturated heterocycles. The highest BCUT2D eigenvalue weighted by atomic mass is 19.4. The number of allylic oxidation sites excluding steroid dienone is 1. The van der Waals surface area contributed by atoms with Crippen LogP contribution in [0.1, 0.15) is 84.7 Å². The van der Waals surface area contributed by atoms with Crippen LogP contribution in [0.25, 0.3) is 11.6 Å². The SMILES string of the molecule is C=CCCN(CC(=O)OCC)c1nc(-c2nnc(C(CCC=C)(OCc3ccccc3)C(F)(F)F)o2)c(N(C(=O)OC(C)(C)C)C(=O)OC(C)(C)C)cc1C(F)(F)F. The third-order valence-corrected chi connectivity index (χ3v) is 7.67. The van der Waals surface area contributed by atoms with Gasteiger partial charge in [0.2, 0.25) is 5.60 Å². The lowest BCUT2D eigenvalue weighted by atomic mass is 9.96. The zero-order valence-corrected chi connectivity index (χ0v) is 33.3. The quantitative estimate of drug-likeness (QED) is 0.0586. The number of alkyl halides is 6. The van der Waals surface area contributed by atoms with Crippen LogP contribution in [0.5, 0.6) is 0 Å². The molecule has 19 heteroatoms. The lowest BCUT2D eigenvalue weighted by Crippen LogP contribution is -2.45. The first-order chi connectivity index (χ1) is 26.9. The minimum Gasteiger partial charge on any atom is -0.465 e. The number of benzene rings is 1. The summed E-state index contributed by atoms with van der Waals surface area (Å²) in [4.78, 5) is 45.4. The molecule has 3 rings (SSSR count). The van der Waals surface area contributed by atoms with Gasteiger partial charge in [0.25, 0.3) is 11.8 Å². The van der Waals surface area contributed by atoms with Gasteiger partial charge in [0, 0.05) is 6.54 Å². The van der Waals surface area contributed by atoms with Gasteiger partial charge in [-0.2, -0.15) is 31.2 Å². The number of carbonyl (C=O) groups excluding carboxylic acids is 3. The molecule has 318 valence electrons. The first-order valence-electron chi connectivity index (χ1n) is 18.0. The van der Waals surface area contributed by atoms with Crippen LogP contribution in [0.3, 0.4) is 0 Å². The standard InChI is InChI=1S/C39H47F6N5O8/c1-10-13-20-37(39(43,44)45,55-24-25-18-16-15-17-19-25)32-48-47-31(56-32)29-27(50(33(52)57-35(4,5)6)34(53)58-36(7,8)9)22-26(38(40,41)42)30(46-29)49(21-14-11-2)23-28(51)54-12-3/h10-11,15-19,22H,1-2,12-14,20-21,23-24H2,3-9H3. The van der Waals surface area contributed by atoms with Crippen molar-refractivity contribution in [3.05, 3.63) is 78.7 Å². The number of anilines is 2. The number of halogens is 6. The van der Waals surface area contributed by atoms with E-state index in [1.807, 2.05) is 0 Å². The molecular weight excluding hydrogens is 780 g/mol. The first-order valence-corrected chi connectivity index (χ1v) is 18.0. The highest BCUT2D eigenvalue weighted by molar-refractivity contribution is 6.11. The maximum Gasteiger partial charge on any atom is 0.426 e. The fraction of sp³-hybridized carbons (Fsp3) is 0.487. The Balaban J connectivity index is 2.52. The van der Waals surface area contributed by atoms with E-state index in [2.05, 4.69) is 28.3 Å². The number of hydrogen-bond acceptors (Lipinski definition) is 12. The Morgan fingerprint density at radius 3 is 1.95 bits per heavy atom. The van der Waals surface area contributed by atoms with Crippen LogP contribution in [-0.2, 0) is 42.1 Å². The zero-order chi connectivity index (χ0) is 43.7. The summed E-state index contributed by atoms with van der Waals surface area (Å²) >= 11 is 0. The summed E-state index contributed by atoms with van der Waals surface area (Å²) in [5.41, 5.74) is -9.16. The molecule has 0 N–H and O–H groups in total. The van der Waals surface area contributed by atoms with Crippen molar-refractivity contribution in [2.24, 2.45) is 0 Å². The molecule has 0 fully saturated rings. The molecule has 0 bridgehead atoms. The van der Waals surface area contributed by atoms with Gasteiger partial charge in [0.05, 0.1) is 18.9 Å². The monoisotopic (exact) mass is 827 g/mol. The Kier molecular flexibility index (Phi) is 15.3. The average molecular weight is 828 g/mol. The van der Waals surface area contributed by atoms with Crippen molar-refractivity contribution in [1.29, 1.82) is 0 Å². The number of rotatable bonds is 16.